The molecule has 2 aromatic rings. The van der Waals surface area contributed by atoms with Crippen molar-refractivity contribution in [3.63, 3.8) is 0 Å². The van der Waals surface area contributed by atoms with Crippen molar-refractivity contribution in [3.05, 3.63) is 66.2 Å². The minimum Gasteiger partial charge on any atom is -0.382 e. The zero-order chi connectivity index (χ0) is 20.8. The highest BCUT2D eigenvalue weighted by Crippen LogP contribution is 2.29. The Bertz CT molecular complexity index is 808. The molecule has 0 saturated heterocycles. The van der Waals surface area contributed by atoms with Crippen LogP contribution in [0.1, 0.15) is 19.4 Å². The highest BCUT2D eigenvalue weighted by molar-refractivity contribution is 5.86. The van der Waals surface area contributed by atoms with E-state index in [9.17, 15) is 18.7 Å². The van der Waals surface area contributed by atoms with Gasteiger partial charge in [0.05, 0.1) is 0 Å². The summed E-state index contributed by atoms with van der Waals surface area (Å²) in [6.45, 7) is 1.96. The van der Waals surface area contributed by atoms with E-state index in [1.807, 2.05) is 54.6 Å². The summed E-state index contributed by atoms with van der Waals surface area (Å²) in [5.74, 6) is -1.15. The summed E-state index contributed by atoms with van der Waals surface area (Å²) in [5.41, 5.74) is -0.414. The Balaban J connectivity index is 2.06. The third kappa shape index (κ3) is 4.62. The predicted molar refractivity (Wildman–Crippen MR) is 104 cm³/mol. The zero-order valence-electron chi connectivity index (χ0n) is 15.7. The van der Waals surface area contributed by atoms with Gasteiger partial charge in [-0.3, -0.25) is 15.3 Å². The second-order valence-corrected chi connectivity index (χ2v) is 6.79. The first kappa shape index (κ1) is 21.7. The lowest BCUT2D eigenvalue weighted by atomic mass is 9.81. The Hall–Kier alpha value is -2.61. The molecule has 2 aromatic carbocycles. The summed E-state index contributed by atoms with van der Waals surface area (Å²) in [4.78, 5) is 11.9. The Kier molecular flexibility index (Phi) is 7.01. The van der Waals surface area contributed by atoms with Gasteiger partial charge in [0.25, 0.3) is 12.3 Å². The monoisotopic (exact) mass is 390 g/mol. The van der Waals surface area contributed by atoms with E-state index in [1.165, 1.54) is 5.48 Å². The Morgan fingerprint density at radius 3 is 2.18 bits per heavy atom. The Morgan fingerprint density at radius 2 is 1.64 bits per heavy atom. The van der Waals surface area contributed by atoms with Crippen molar-refractivity contribution in [3.8, 4) is 11.1 Å². The first-order valence-corrected chi connectivity index (χ1v) is 8.74. The first-order valence-electron chi connectivity index (χ1n) is 8.74. The lowest BCUT2D eigenvalue weighted by molar-refractivity contribution is -0.166. The molecule has 0 heterocycles. The summed E-state index contributed by atoms with van der Waals surface area (Å²) in [6, 6.07) is 17.6. The van der Waals surface area contributed by atoms with E-state index in [-0.39, 0.29) is 6.54 Å². The van der Waals surface area contributed by atoms with Crippen molar-refractivity contribution < 1.29 is 23.9 Å². The van der Waals surface area contributed by atoms with Crippen LogP contribution in [0.5, 0.6) is 0 Å². The molecule has 0 fully saturated rings. The van der Waals surface area contributed by atoms with Gasteiger partial charge in [-0.2, -0.15) is 0 Å². The molecule has 0 aliphatic carbocycles. The molecular formula is C21H24F2N2O3. The number of amides is 1. The van der Waals surface area contributed by atoms with Crippen LogP contribution < -0.4 is 10.8 Å². The molecule has 0 bridgehead atoms. The number of benzene rings is 2. The molecule has 150 valence electrons. The Morgan fingerprint density at radius 1 is 1.07 bits per heavy atom. The number of carbonyl (C=O) groups excluding carboxylic acids is 1. The molecule has 2 rings (SSSR count). The fourth-order valence-electron chi connectivity index (χ4n) is 2.69. The maximum absolute atomic E-state index is 13.2. The van der Waals surface area contributed by atoms with Crippen molar-refractivity contribution in [1.82, 2.24) is 10.8 Å². The molecule has 0 aromatic heterocycles. The highest BCUT2D eigenvalue weighted by Gasteiger charge is 2.54. The minimum atomic E-state index is -3.20. The number of hydroxylamine groups is 1. The fourth-order valence-corrected chi connectivity index (χ4v) is 2.69. The van der Waals surface area contributed by atoms with Gasteiger partial charge >= 0.3 is 0 Å². The molecule has 0 saturated carbocycles. The molecule has 0 aliphatic rings. The van der Waals surface area contributed by atoms with E-state index in [0.29, 0.717) is 0 Å². The summed E-state index contributed by atoms with van der Waals surface area (Å²) in [5, 5.41) is 21.5. The first-order chi connectivity index (χ1) is 13.2. The summed E-state index contributed by atoms with van der Waals surface area (Å²) in [6.07, 6.45) is 0.204. The number of rotatable bonds is 8. The minimum absolute atomic E-state index is 0.0211. The summed E-state index contributed by atoms with van der Waals surface area (Å²) >= 11 is 0. The van der Waals surface area contributed by atoms with Gasteiger partial charge in [0, 0.05) is 6.54 Å². The van der Waals surface area contributed by atoms with Crippen molar-refractivity contribution in [2.45, 2.75) is 31.4 Å². The number of aliphatic hydroxyl groups is 1. The van der Waals surface area contributed by atoms with Gasteiger partial charge < -0.3 is 5.11 Å². The molecule has 1 amide bonds. The van der Waals surface area contributed by atoms with E-state index in [1.54, 1.807) is 12.2 Å². The van der Waals surface area contributed by atoms with Crippen LogP contribution >= 0.6 is 0 Å². The number of alkyl halides is 2. The quantitative estimate of drug-likeness (QED) is 0.412. The molecule has 28 heavy (non-hydrogen) atoms. The van der Waals surface area contributed by atoms with Gasteiger partial charge in [0.1, 0.15) is 11.1 Å². The molecule has 0 spiro atoms. The van der Waals surface area contributed by atoms with Gasteiger partial charge in [0.15, 0.2) is 0 Å². The lowest BCUT2D eigenvalue weighted by Crippen LogP contribution is -2.69. The predicted octanol–water partition coefficient (Wildman–Crippen LogP) is 3.24. The van der Waals surface area contributed by atoms with Crippen molar-refractivity contribution >= 4 is 12.0 Å². The topological polar surface area (TPSA) is 81.6 Å². The number of halogens is 2. The van der Waals surface area contributed by atoms with Crippen molar-refractivity contribution in [1.29, 1.82) is 0 Å². The van der Waals surface area contributed by atoms with Gasteiger partial charge in [0.2, 0.25) is 0 Å². The van der Waals surface area contributed by atoms with Crippen molar-refractivity contribution in [2.24, 2.45) is 0 Å². The fraction of sp³-hybridized carbons (Fsp3) is 0.286. The number of hydrogen-bond donors (Lipinski definition) is 4. The molecule has 0 radical (unpaired) electrons. The van der Waals surface area contributed by atoms with Crippen LogP contribution in [0.3, 0.4) is 0 Å². The van der Waals surface area contributed by atoms with Gasteiger partial charge in [-0.25, -0.2) is 14.3 Å². The maximum Gasteiger partial charge on any atom is 0.268 e. The zero-order valence-corrected chi connectivity index (χ0v) is 15.7. The summed E-state index contributed by atoms with van der Waals surface area (Å²) in [7, 11) is 0. The van der Waals surface area contributed by atoms with Crippen LogP contribution in [0.4, 0.5) is 8.78 Å². The molecular weight excluding hydrogens is 366 g/mol. The van der Waals surface area contributed by atoms with E-state index in [0.717, 1.165) is 30.5 Å². The smallest absolute Gasteiger partial charge is 0.268 e. The van der Waals surface area contributed by atoms with E-state index in [4.69, 9.17) is 5.21 Å². The largest absolute Gasteiger partial charge is 0.382 e. The SMILES string of the molecule is CC(NC/C=C/c1ccc(-c2ccccc2)cc1)(C(=O)NO)[C@](C)(O)C(F)F. The molecule has 1 unspecified atom stereocenters. The number of nitrogens with one attached hydrogen (secondary N) is 2. The van der Waals surface area contributed by atoms with E-state index >= 15 is 0 Å². The highest BCUT2D eigenvalue weighted by atomic mass is 19.3. The second-order valence-electron chi connectivity index (χ2n) is 6.79. The van der Waals surface area contributed by atoms with Crippen LogP contribution in [0.15, 0.2) is 60.7 Å². The summed E-state index contributed by atoms with van der Waals surface area (Å²) < 4.78 is 26.4. The van der Waals surface area contributed by atoms with Gasteiger partial charge in [-0.1, -0.05) is 66.7 Å². The van der Waals surface area contributed by atoms with Gasteiger partial charge in [-0.05, 0) is 30.5 Å². The number of carbonyl (C=O) groups is 1. The van der Waals surface area contributed by atoms with Crippen LogP contribution in [-0.4, -0.2) is 40.3 Å². The molecule has 2 atom stereocenters. The van der Waals surface area contributed by atoms with Crippen LogP contribution in [-0.2, 0) is 4.79 Å². The molecule has 4 N–H and O–H groups in total. The molecule has 0 aliphatic heterocycles. The Labute approximate surface area is 162 Å². The maximum atomic E-state index is 13.2. The van der Waals surface area contributed by atoms with Gasteiger partial charge in [-0.15, -0.1) is 0 Å². The van der Waals surface area contributed by atoms with Crippen LogP contribution in [0.25, 0.3) is 17.2 Å². The normalized spacial score (nSPS) is 16.0. The van der Waals surface area contributed by atoms with E-state index < -0.39 is 23.5 Å². The van der Waals surface area contributed by atoms with E-state index in [2.05, 4.69) is 5.32 Å². The van der Waals surface area contributed by atoms with Crippen molar-refractivity contribution in [2.75, 3.05) is 6.54 Å². The number of hydrogen-bond acceptors (Lipinski definition) is 4. The third-order valence-electron chi connectivity index (χ3n) is 4.89. The molecule has 5 nitrogen and oxygen atoms in total. The third-order valence-corrected chi connectivity index (χ3v) is 4.89. The lowest BCUT2D eigenvalue weighted by Gasteiger charge is -2.40. The van der Waals surface area contributed by atoms with Crippen LogP contribution in [0, 0.1) is 0 Å². The standard InChI is InChI=1S/C21H24F2N2O3/c1-20(19(26)25-28,21(2,27)18(22)23)24-14-6-7-15-10-12-17(13-11-15)16-8-4-3-5-9-16/h3-13,18,24,27-28H,14H2,1-2H3,(H,25,26)/b7-6+/t20?,21-/m1/s1. The average molecular weight is 390 g/mol. The average Bonchev–Trinajstić information content (AvgIpc) is 2.71. The van der Waals surface area contributed by atoms with Crippen LogP contribution in [0.2, 0.25) is 0 Å². The second kappa shape index (κ2) is 9.05. The molecule has 7 heteroatoms.